The predicted molar refractivity (Wildman–Crippen MR) is 69.7 cm³/mol. The number of hydrogen-bond acceptors (Lipinski definition) is 5. The summed E-state index contributed by atoms with van der Waals surface area (Å²) in [6, 6.07) is 5.00. The molecule has 0 radical (unpaired) electrons. The Labute approximate surface area is 119 Å². The second kappa shape index (κ2) is 4.92. The fraction of sp³-hybridized carbons (Fsp3) is 0.308. The SMILES string of the molecule is NC1C(=O)N2C(C(=O)[O-])=C(C[n+]3ccccc3)CS[C@H]12. The van der Waals surface area contributed by atoms with E-state index in [4.69, 9.17) is 5.73 Å². The molecule has 2 aliphatic rings. The van der Waals surface area contributed by atoms with Crippen molar-refractivity contribution < 1.29 is 19.3 Å². The van der Waals surface area contributed by atoms with Crippen molar-refractivity contribution in [1.82, 2.24) is 4.90 Å². The molecule has 0 spiro atoms. The van der Waals surface area contributed by atoms with Crippen LogP contribution in [0.4, 0.5) is 0 Å². The molecule has 2 aliphatic heterocycles. The quantitative estimate of drug-likeness (QED) is 0.525. The van der Waals surface area contributed by atoms with Crippen LogP contribution >= 0.6 is 11.8 Å². The van der Waals surface area contributed by atoms with Gasteiger partial charge in [0.25, 0.3) is 0 Å². The standard InChI is InChI=1S/C13H13N3O3S/c14-9-11(17)16-10(13(18)19)8(7-20-12(9)16)6-15-4-2-1-3-5-15/h1-5,9,12H,6-7,14H2/t9?,12-/m1/s1. The van der Waals surface area contributed by atoms with Crippen LogP contribution in [0, 0.1) is 0 Å². The average molecular weight is 291 g/mol. The van der Waals surface area contributed by atoms with E-state index in [1.165, 1.54) is 16.7 Å². The van der Waals surface area contributed by atoms with Crippen LogP contribution in [0.15, 0.2) is 41.9 Å². The van der Waals surface area contributed by atoms with Crippen LogP contribution in [-0.2, 0) is 16.1 Å². The first kappa shape index (κ1) is 13.1. The molecule has 1 aromatic heterocycles. The summed E-state index contributed by atoms with van der Waals surface area (Å²) in [5.74, 6) is -1.13. The number of nitrogens with two attached hydrogens (primary N) is 1. The van der Waals surface area contributed by atoms with Gasteiger partial charge in [0, 0.05) is 23.5 Å². The maximum atomic E-state index is 11.8. The number of pyridine rings is 1. The molecule has 3 heterocycles. The molecule has 1 saturated heterocycles. The van der Waals surface area contributed by atoms with Gasteiger partial charge in [-0.25, -0.2) is 4.57 Å². The van der Waals surface area contributed by atoms with Gasteiger partial charge >= 0.3 is 0 Å². The summed E-state index contributed by atoms with van der Waals surface area (Å²) < 4.78 is 1.86. The molecule has 1 fully saturated rings. The first-order chi connectivity index (χ1) is 9.59. The lowest BCUT2D eigenvalue weighted by molar-refractivity contribution is -0.689. The number of fused-ring (bicyclic) bond motifs is 1. The number of β-lactam (4-membered cyclic amide) rings is 1. The molecule has 2 atom stereocenters. The van der Waals surface area contributed by atoms with Gasteiger partial charge in [0.1, 0.15) is 11.4 Å². The molecule has 6 nitrogen and oxygen atoms in total. The molecule has 0 aromatic carbocycles. The number of rotatable bonds is 3. The molecule has 104 valence electrons. The van der Waals surface area contributed by atoms with E-state index in [9.17, 15) is 14.7 Å². The normalized spacial score (nSPS) is 25.2. The maximum Gasteiger partial charge on any atom is 0.248 e. The van der Waals surface area contributed by atoms with E-state index in [2.05, 4.69) is 0 Å². The fourth-order valence-electron chi connectivity index (χ4n) is 2.45. The van der Waals surface area contributed by atoms with E-state index in [1.54, 1.807) is 0 Å². The number of hydrogen-bond donors (Lipinski definition) is 1. The molecular formula is C13H13N3O3S. The number of amides is 1. The molecule has 1 aromatic rings. The van der Waals surface area contributed by atoms with E-state index < -0.39 is 12.0 Å². The first-order valence-corrected chi connectivity index (χ1v) is 7.22. The topological polar surface area (TPSA) is 90.3 Å². The largest absolute Gasteiger partial charge is 0.543 e. The summed E-state index contributed by atoms with van der Waals surface area (Å²) in [7, 11) is 0. The second-order valence-corrected chi connectivity index (χ2v) is 5.83. The van der Waals surface area contributed by atoms with Crippen LogP contribution in [0.5, 0.6) is 0 Å². The molecule has 0 saturated carbocycles. The lowest BCUT2D eigenvalue weighted by atomic mass is 10.0. The van der Waals surface area contributed by atoms with Crippen molar-refractivity contribution in [3.8, 4) is 0 Å². The summed E-state index contributed by atoms with van der Waals surface area (Å²) in [6.07, 6.45) is 3.70. The zero-order chi connectivity index (χ0) is 14.3. The maximum absolute atomic E-state index is 11.8. The molecule has 7 heteroatoms. The third kappa shape index (κ3) is 1.99. The fourth-order valence-corrected chi connectivity index (χ4v) is 3.73. The van der Waals surface area contributed by atoms with Crippen LogP contribution in [0.3, 0.4) is 0 Å². The molecule has 20 heavy (non-hydrogen) atoms. The Hall–Kier alpha value is -1.86. The zero-order valence-corrected chi connectivity index (χ0v) is 11.4. The highest BCUT2D eigenvalue weighted by Gasteiger charge is 2.50. The second-order valence-electron chi connectivity index (χ2n) is 4.72. The van der Waals surface area contributed by atoms with Gasteiger partial charge in [0.15, 0.2) is 18.9 Å². The number of carbonyl (C=O) groups is 2. The lowest BCUT2D eigenvalue weighted by Crippen LogP contribution is -2.69. The van der Waals surface area contributed by atoms with Gasteiger partial charge in [-0.3, -0.25) is 9.69 Å². The highest BCUT2D eigenvalue weighted by Crippen LogP contribution is 2.39. The van der Waals surface area contributed by atoms with Crippen molar-refractivity contribution >= 4 is 23.6 Å². The smallest absolute Gasteiger partial charge is 0.248 e. The highest BCUT2D eigenvalue weighted by molar-refractivity contribution is 8.00. The number of carboxylic acids is 1. The zero-order valence-electron chi connectivity index (χ0n) is 10.6. The summed E-state index contributed by atoms with van der Waals surface area (Å²) in [6.45, 7) is 0.420. The van der Waals surface area contributed by atoms with Gasteiger partial charge in [-0.1, -0.05) is 6.07 Å². The van der Waals surface area contributed by atoms with Crippen LogP contribution in [0.25, 0.3) is 0 Å². The lowest BCUT2D eigenvalue weighted by Gasteiger charge is -2.49. The van der Waals surface area contributed by atoms with E-state index in [0.29, 0.717) is 17.9 Å². The number of carboxylic acid groups (broad SMARTS) is 1. The summed E-state index contributed by atoms with van der Waals surface area (Å²) in [5.41, 5.74) is 6.34. The van der Waals surface area contributed by atoms with Crippen LogP contribution in [-0.4, -0.2) is 33.9 Å². The molecule has 1 amide bonds. The minimum absolute atomic E-state index is 0.0168. The number of nitrogens with zero attached hydrogens (tertiary/aromatic N) is 2. The Morgan fingerprint density at radius 2 is 2.15 bits per heavy atom. The van der Waals surface area contributed by atoms with Crippen molar-refractivity contribution in [2.75, 3.05) is 5.75 Å². The van der Waals surface area contributed by atoms with Gasteiger partial charge in [-0.05, 0) is 0 Å². The predicted octanol–water partition coefficient (Wildman–Crippen LogP) is -1.78. The Balaban J connectivity index is 1.94. The van der Waals surface area contributed by atoms with Gasteiger partial charge in [0.05, 0.1) is 11.7 Å². The third-order valence-corrected chi connectivity index (χ3v) is 4.79. The van der Waals surface area contributed by atoms with E-state index in [1.807, 2.05) is 35.2 Å². The van der Waals surface area contributed by atoms with E-state index in [0.717, 1.165) is 0 Å². The Morgan fingerprint density at radius 1 is 1.45 bits per heavy atom. The van der Waals surface area contributed by atoms with Crippen LogP contribution in [0.2, 0.25) is 0 Å². The molecule has 0 aliphatic carbocycles. The Morgan fingerprint density at radius 3 is 2.80 bits per heavy atom. The third-order valence-electron chi connectivity index (χ3n) is 3.43. The number of aliphatic carboxylic acids is 1. The first-order valence-electron chi connectivity index (χ1n) is 6.17. The minimum Gasteiger partial charge on any atom is -0.543 e. The number of aromatic nitrogens is 1. The van der Waals surface area contributed by atoms with E-state index in [-0.39, 0.29) is 17.0 Å². The van der Waals surface area contributed by atoms with Gasteiger partial charge in [0.2, 0.25) is 5.91 Å². The number of carbonyl (C=O) groups excluding carboxylic acids is 2. The van der Waals surface area contributed by atoms with Crippen molar-refractivity contribution in [1.29, 1.82) is 0 Å². The van der Waals surface area contributed by atoms with Crippen molar-refractivity contribution in [2.24, 2.45) is 5.73 Å². The summed E-state index contributed by atoms with van der Waals surface area (Å²) in [5, 5.41) is 11.1. The van der Waals surface area contributed by atoms with Gasteiger partial charge < -0.3 is 15.6 Å². The Bertz CT molecular complexity index is 602. The molecule has 0 bridgehead atoms. The monoisotopic (exact) mass is 291 g/mol. The Kier molecular flexibility index (Phi) is 3.23. The van der Waals surface area contributed by atoms with Crippen molar-refractivity contribution in [2.45, 2.75) is 18.0 Å². The minimum atomic E-state index is -1.32. The van der Waals surface area contributed by atoms with Crippen molar-refractivity contribution in [3.05, 3.63) is 41.9 Å². The summed E-state index contributed by atoms with van der Waals surface area (Å²) in [4.78, 5) is 24.4. The highest BCUT2D eigenvalue weighted by atomic mass is 32.2. The molecule has 2 N–H and O–H groups in total. The average Bonchev–Trinajstić information content (AvgIpc) is 2.46. The van der Waals surface area contributed by atoms with Gasteiger partial charge in [-0.15, -0.1) is 11.8 Å². The summed E-state index contributed by atoms with van der Waals surface area (Å²) >= 11 is 1.49. The van der Waals surface area contributed by atoms with Gasteiger partial charge in [-0.2, -0.15) is 0 Å². The van der Waals surface area contributed by atoms with Crippen molar-refractivity contribution in [3.63, 3.8) is 0 Å². The number of thioether (sulfide) groups is 1. The molecular weight excluding hydrogens is 278 g/mol. The molecule has 1 unspecified atom stereocenters. The van der Waals surface area contributed by atoms with Crippen LogP contribution < -0.4 is 15.4 Å². The van der Waals surface area contributed by atoms with E-state index >= 15 is 0 Å². The molecule has 3 rings (SSSR count). The van der Waals surface area contributed by atoms with Crippen LogP contribution in [0.1, 0.15) is 0 Å².